The highest BCUT2D eigenvalue weighted by atomic mass is 14.5. The Morgan fingerprint density at radius 3 is 3.11 bits per heavy atom. The summed E-state index contributed by atoms with van der Waals surface area (Å²) >= 11 is 0. The van der Waals surface area contributed by atoms with Crippen LogP contribution in [0.1, 0.15) is 19.3 Å². The lowest BCUT2D eigenvalue weighted by molar-refractivity contribution is 0.934. The van der Waals surface area contributed by atoms with E-state index in [9.17, 15) is 0 Å². The van der Waals surface area contributed by atoms with Gasteiger partial charge in [-0.2, -0.15) is 0 Å². The standard InChI is InChI=1S/C8H13N/c9-7-8-5-3-1-2-4-6-8/h1-2,5H,3-4,6-7,9H2. The molecule has 0 bridgehead atoms. The van der Waals surface area contributed by atoms with Crippen molar-refractivity contribution in [1.82, 2.24) is 0 Å². The normalized spacial score (nSPS) is 19.0. The lowest BCUT2D eigenvalue weighted by Crippen LogP contribution is -2.01. The predicted octanol–water partition coefficient (Wildman–Crippen LogP) is 1.61. The molecule has 50 valence electrons. The summed E-state index contributed by atoms with van der Waals surface area (Å²) in [6, 6.07) is 0. The van der Waals surface area contributed by atoms with E-state index in [2.05, 4.69) is 18.2 Å². The minimum Gasteiger partial charge on any atom is -0.327 e. The molecule has 0 saturated heterocycles. The summed E-state index contributed by atoms with van der Waals surface area (Å²) < 4.78 is 0. The van der Waals surface area contributed by atoms with Gasteiger partial charge in [0.2, 0.25) is 0 Å². The van der Waals surface area contributed by atoms with Crippen LogP contribution in [-0.2, 0) is 0 Å². The first-order chi connectivity index (χ1) is 4.43. The maximum Gasteiger partial charge on any atom is 0.0137 e. The Kier molecular flexibility index (Phi) is 2.52. The molecule has 9 heavy (non-hydrogen) atoms. The molecular formula is C8H13N. The van der Waals surface area contributed by atoms with Gasteiger partial charge in [0.25, 0.3) is 0 Å². The van der Waals surface area contributed by atoms with Gasteiger partial charge in [0.15, 0.2) is 0 Å². The Hall–Kier alpha value is -0.560. The molecule has 1 nitrogen and oxygen atoms in total. The summed E-state index contributed by atoms with van der Waals surface area (Å²) in [5.41, 5.74) is 6.88. The number of rotatable bonds is 1. The van der Waals surface area contributed by atoms with E-state index in [1.165, 1.54) is 12.0 Å². The Bertz CT molecular complexity index is 134. The van der Waals surface area contributed by atoms with E-state index in [-0.39, 0.29) is 0 Å². The van der Waals surface area contributed by atoms with Gasteiger partial charge >= 0.3 is 0 Å². The molecule has 1 aliphatic carbocycles. The van der Waals surface area contributed by atoms with Gasteiger partial charge < -0.3 is 5.73 Å². The van der Waals surface area contributed by atoms with E-state index in [4.69, 9.17) is 5.73 Å². The van der Waals surface area contributed by atoms with Crippen molar-refractivity contribution in [2.45, 2.75) is 19.3 Å². The van der Waals surface area contributed by atoms with Crippen LogP contribution in [0.4, 0.5) is 0 Å². The maximum absolute atomic E-state index is 5.48. The van der Waals surface area contributed by atoms with E-state index < -0.39 is 0 Å². The van der Waals surface area contributed by atoms with E-state index in [1.54, 1.807) is 0 Å². The highest BCUT2D eigenvalue weighted by Gasteiger charge is 1.94. The van der Waals surface area contributed by atoms with Crippen LogP contribution in [0, 0.1) is 0 Å². The van der Waals surface area contributed by atoms with Crippen LogP contribution in [-0.4, -0.2) is 6.54 Å². The molecule has 0 heterocycles. The van der Waals surface area contributed by atoms with Crippen LogP contribution in [0.15, 0.2) is 23.8 Å². The van der Waals surface area contributed by atoms with E-state index >= 15 is 0 Å². The van der Waals surface area contributed by atoms with Gasteiger partial charge in [-0.05, 0) is 19.3 Å². The lowest BCUT2D eigenvalue weighted by Gasteiger charge is -1.97. The van der Waals surface area contributed by atoms with Crippen molar-refractivity contribution >= 4 is 0 Å². The van der Waals surface area contributed by atoms with Crippen molar-refractivity contribution in [3.05, 3.63) is 23.8 Å². The topological polar surface area (TPSA) is 26.0 Å². The van der Waals surface area contributed by atoms with Crippen LogP contribution in [0.2, 0.25) is 0 Å². The van der Waals surface area contributed by atoms with E-state index in [0.717, 1.165) is 19.4 Å². The highest BCUT2D eigenvalue weighted by Crippen LogP contribution is 2.09. The second-order valence-electron chi connectivity index (χ2n) is 2.31. The van der Waals surface area contributed by atoms with E-state index in [0.29, 0.717) is 0 Å². The van der Waals surface area contributed by atoms with Crippen LogP contribution in [0.5, 0.6) is 0 Å². The van der Waals surface area contributed by atoms with Gasteiger partial charge in [-0.3, -0.25) is 0 Å². The zero-order valence-corrected chi connectivity index (χ0v) is 5.64. The molecule has 0 unspecified atom stereocenters. The first kappa shape index (κ1) is 6.56. The van der Waals surface area contributed by atoms with Crippen LogP contribution >= 0.6 is 0 Å². The summed E-state index contributed by atoms with van der Waals surface area (Å²) in [6.45, 7) is 0.738. The summed E-state index contributed by atoms with van der Waals surface area (Å²) in [5.74, 6) is 0. The third kappa shape index (κ3) is 2.02. The van der Waals surface area contributed by atoms with Crippen molar-refractivity contribution in [1.29, 1.82) is 0 Å². The van der Waals surface area contributed by atoms with E-state index in [1.807, 2.05) is 0 Å². The van der Waals surface area contributed by atoms with Crippen LogP contribution in [0.25, 0.3) is 0 Å². The molecule has 0 aliphatic heterocycles. The molecule has 0 spiro atoms. The Balaban J connectivity index is 2.45. The highest BCUT2D eigenvalue weighted by molar-refractivity contribution is 5.10. The quantitative estimate of drug-likeness (QED) is 0.527. The third-order valence-corrected chi connectivity index (χ3v) is 1.60. The second-order valence-corrected chi connectivity index (χ2v) is 2.31. The molecule has 0 amide bonds. The average Bonchev–Trinajstić information content (AvgIpc) is 2.13. The molecule has 0 radical (unpaired) electrons. The summed E-state index contributed by atoms with van der Waals surface area (Å²) in [7, 11) is 0. The SMILES string of the molecule is NCC1=CCC=CCC1. The summed E-state index contributed by atoms with van der Waals surface area (Å²) in [5, 5.41) is 0. The van der Waals surface area contributed by atoms with Crippen molar-refractivity contribution < 1.29 is 0 Å². The zero-order valence-electron chi connectivity index (χ0n) is 5.64. The smallest absolute Gasteiger partial charge is 0.0137 e. The third-order valence-electron chi connectivity index (χ3n) is 1.60. The number of hydrogen-bond donors (Lipinski definition) is 1. The average molecular weight is 123 g/mol. The molecule has 0 saturated carbocycles. The fraction of sp³-hybridized carbons (Fsp3) is 0.500. The fourth-order valence-electron chi connectivity index (χ4n) is 1.00. The van der Waals surface area contributed by atoms with Gasteiger partial charge in [0.05, 0.1) is 0 Å². The van der Waals surface area contributed by atoms with Gasteiger partial charge in [-0.25, -0.2) is 0 Å². The first-order valence-electron chi connectivity index (χ1n) is 3.46. The molecule has 0 fully saturated rings. The maximum atomic E-state index is 5.48. The van der Waals surface area contributed by atoms with Gasteiger partial charge in [0, 0.05) is 6.54 Å². The Morgan fingerprint density at radius 2 is 2.33 bits per heavy atom. The number of allylic oxidation sites excluding steroid dienone is 3. The zero-order chi connectivity index (χ0) is 6.53. The molecule has 0 aromatic carbocycles. The number of nitrogens with two attached hydrogens (primary N) is 1. The van der Waals surface area contributed by atoms with Crippen molar-refractivity contribution in [2.24, 2.45) is 5.73 Å². The minimum atomic E-state index is 0.738. The van der Waals surface area contributed by atoms with Gasteiger partial charge in [-0.15, -0.1) is 0 Å². The Morgan fingerprint density at radius 1 is 1.44 bits per heavy atom. The Labute approximate surface area is 56.2 Å². The minimum absolute atomic E-state index is 0.738. The van der Waals surface area contributed by atoms with Gasteiger partial charge in [0.1, 0.15) is 0 Å². The molecule has 1 aliphatic rings. The molecule has 0 atom stereocenters. The molecule has 0 aromatic heterocycles. The molecule has 1 rings (SSSR count). The number of hydrogen-bond acceptors (Lipinski definition) is 1. The first-order valence-corrected chi connectivity index (χ1v) is 3.46. The molecule has 0 aromatic rings. The van der Waals surface area contributed by atoms with Crippen molar-refractivity contribution in [2.75, 3.05) is 6.54 Å². The van der Waals surface area contributed by atoms with Crippen LogP contribution in [0.3, 0.4) is 0 Å². The molecule has 2 N–H and O–H groups in total. The molecular weight excluding hydrogens is 110 g/mol. The fourth-order valence-corrected chi connectivity index (χ4v) is 1.00. The summed E-state index contributed by atoms with van der Waals surface area (Å²) in [6.07, 6.45) is 10.0. The lowest BCUT2D eigenvalue weighted by atomic mass is 10.1. The second kappa shape index (κ2) is 3.46. The predicted molar refractivity (Wildman–Crippen MR) is 40.1 cm³/mol. The largest absolute Gasteiger partial charge is 0.327 e. The monoisotopic (exact) mass is 123 g/mol. The molecule has 1 heteroatoms. The van der Waals surface area contributed by atoms with Crippen molar-refractivity contribution in [3.63, 3.8) is 0 Å². The summed E-state index contributed by atoms with van der Waals surface area (Å²) in [4.78, 5) is 0. The van der Waals surface area contributed by atoms with Crippen LogP contribution < -0.4 is 5.73 Å². The van der Waals surface area contributed by atoms with Gasteiger partial charge in [-0.1, -0.05) is 23.8 Å². The van der Waals surface area contributed by atoms with Crippen molar-refractivity contribution in [3.8, 4) is 0 Å².